The largest absolute Gasteiger partial charge is 0.494 e. The molecule has 0 unspecified atom stereocenters. The monoisotopic (exact) mass is 503 g/mol. The van der Waals surface area contributed by atoms with Crippen molar-refractivity contribution < 1.29 is 23.9 Å². The summed E-state index contributed by atoms with van der Waals surface area (Å²) in [5.74, 6) is 1.26. The molecule has 0 radical (unpaired) electrons. The zero-order chi connectivity index (χ0) is 26.8. The van der Waals surface area contributed by atoms with Crippen LogP contribution >= 0.6 is 0 Å². The van der Waals surface area contributed by atoms with Gasteiger partial charge in [-0.15, -0.1) is 0 Å². The molecular formula is C28H45N3O5. The Kier molecular flexibility index (Phi) is 11.1. The van der Waals surface area contributed by atoms with Crippen LogP contribution in [0.2, 0.25) is 0 Å². The minimum Gasteiger partial charge on any atom is -0.494 e. The van der Waals surface area contributed by atoms with Gasteiger partial charge in [-0.25, -0.2) is 4.79 Å². The van der Waals surface area contributed by atoms with Gasteiger partial charge in [0, 0.05) is 39.0 Å². The first-order valence-corrected chi connectivity index (χ1v) is 13.1. The van der Waals surface area contributed by atoms with Gasteiger partial charge < -0.3 is 25.0 Å². The summed E-state index contributed by atoms with van der Waals surface area (Å²) in [6.07, 6.45) is 2.56. The number of ether oxygens (including phenoxy) is 2. The first-order valence-electron chi connectivity index (χ1n) is 13.1. The number of piperidine rings is 1. The van der Waals surface area contributed by atoms with Crippen LogP contribution in [-0.4, -0.2) is 61.2 Å². The summed E-state index contributed by atoms with van der Waals surface area (Å²) >= 11 is 0. The summed E-state index contributed by atoms with van der Waals surface area (Å²) in [5, 5.41) is 5.65. The Morgan fingerprint density at radius 3 is 2.17 bits per heavy atom. The van der Waals surface area contributed by atoms with Crippen LogP contribution in [-0.2, 0) is 19.7 Å². The van der Waals surface area contributed by atoms with Gasteiger partial charge in [0.05, 0.1) is 6.61 Å². The van der Waals surface area contributed by atoms with Crippen molar-refractivity contribution in [2.75, 3.05) is 32.8 Å². The molecule has 1 heterocycles. The summed E-state index contributed by atoms with van der Waals surface area (Å²) in [5.41, 5.74) is 0.821. The van der Waals surface area contributed by atoms with Crippen molar-refractivity contribution in [3.05, 3.63) is 29.8 Å². The summed E-state index contributed by atoms with van der Waals surface area (Å²) in [4.78, 5) is 38.1. The maximum absolute atomic E-state index is 12.4. The molecular weight excluding hydrogens is 458 g/mol. The predicted octanol–water partition coefficient (Wildman–Crippen LogP) is 4.41. The highest BCUT2D eigenvalue weighted by Crippen LogP contribution is 2.24. The molecule has 0 saturated carbocycles. The van der Waals surface area contributed by atoms with Gasteiger partial charge in [0.2, 0.25) is 11.8 Å². The molecule has 8 heteroatoms. The zero-order valence-corrected chi connectivity index (χ0v) is 22.9. The quantitative estimate of drug-likeness (QED) is 0.461. The smallest absolute Gasteiger partial charge is 0.407 e. The predicted molar refractivity (Wildman–Crippen MR) is 141 cm³/mol. The second-order valence-corrected chi connectivity index (χ2v) is 11.5. The number of carbonyl (C=O) groups excluding carboxylic acids is 3. The fraction of sp³-hybridized carbons (Fsp3) is 0.679. The molecule has 1 aliphatic heterocycles. The van der Waals surface area contributed by atoms with Gasteiger partial charge in [-0.05, 0) is 69.1 Å². The van der Waals surface area contributed by atoms with Crippen molar-refractivity contribution in [1.29, 1.82) is 0 Å². The number of hydrogen-bond acceptors (Lipinski definition) is 5. The third-order valence-corrected chi connectivity index (χ3v) is 6.10. The average Bonchev–Trinajstić information content (AvgIpc) is 2.79. The van der Waals surface area contributed by atoms with Crippen LogP contribution in [0.25, 0.3) is 0 Å². The highest BCUT2D eigenvalue weighted by atomic mass is 16.6. The van der Waals surface area contributed by atoms with E-state index in [1.165, 1.54) is 5.56 Å². The van der Waals surface area contributed by atoms with Crippen LogP contribution < -0.4 is 15.4 Å². The van der Waals surface area contributed by atoms with Gasteiger partial charge in [-0.2, -0.15) is 0 Å². The summed E-state index contributed by atoms with van der Waals surface area (Å²) in [6, 6.07) is 8.13. The molecule has 3 amide bonds. The Morgan fingerprint density at radius 2 is 1.58 bits per heavy atom. The van der Waals surface area contributed by atoms with Crippen molar-refractivity contribution in [2.45, 2.75) is 84.7 Å². The van der Waals surface area contributed by atoms with Gasteiger partial charge in [-0.3, -0.25) is 9.59 Å². The fourth-order valence-corrected chi connectivity index (χ4v) is 3.95. The van der Waals surface area contributed by atoms with Crippen LogP contribution in [0.5, 0.6) is 5.75 Å². The third kappa shape index (κ3) is 11.3. The van der Waals surface area contributed by atoms with E-state index in [0.29, 0.717) is 45.0 Å². The standard InChI is InChI=1S/C28H45N3O5/c1-27(2,3)22-9-11-23(12-10-22)35-19-7-8-24(32)30-20-21-14-17-31(18-15-21)25(33)13-16-29-26(34)36-28(4,5)6/h9-12,21H,7-8,13-20H2,1-6H3,(H,29,34)(H,30,32). The Morgan fingerprint density at radius 1 is 0.944 bits per heavy atom. The number of amides is 3. The van der Waals surface area contributed by atoms with E-state index in [2.05, 4.69) is 43.5 Å². The number of likely N-dealkylation sites (tertiary alicyclic amines) is 1. The number of hydrogen-bond donors (Lipinski definition) is 2. The molecule has 0 aromatic heterocycles. The first-order chi connectivity index (χ1) is 16.8. The molecule has 0 aliphatic carbocycles. The lowest BCUT2D eigenvalue weighted by molar-refractivity contribution is -0.132. The van der Waals surface area contributed by atoms with E-state index in [4.69, 9.17) is 9.47 Å². The van der Waals surface area contributed by atoms with Crippen molar-refractivity contribution in [2.24, 2.45) is 5.92 Å². The molecule has 1 aromatic rings. The van der Waals surface area contributed by atoms with E-state index in [9.17, 15) is 14.4 Å². The van der Waals surface area contributed by atoms with Crippen LogP contribution in [0.3, 0.4) is 0 Å². The van der Waals surface area contributed by atoms with E-state index in [1.807, 2.05) is 17.0 Å². The van der Waals surface area contributed by atoms with E-state index in [0.717, 1.165) is 18.6 Å². The van der Waals surface area contributed by atoms with Crippen molar-refractivity contribution in [1.82, 2.24) is 15.5 Å². The van der Waals surface area contributed by atoms with Crippen molar-refractivity contribution >= 4 is 17.9 Å². The molecule has 2 rings (SSSR count). The van der Waals surface area contributed by atoms with Gasteiger partial charge in [-0.1, -0.05) is 32.9 Å². The molecule has 0 spiro atoms. The minimum atomic E-state index is -0.557. The van der Waals surface area contributed by atoms with Crippen molar-refractivity contribution in [3.8, 4) is 5.75 Å². The molecule has 8 nitrogen and oxygen atoms in total. The van der Waals surface area contributed by atoms with E-state index >= 15 is 0 Å². The van der Waals surface area contributed by atoms with Gasteiger partial charge in [0.15, 0.2) is 0 Å². The summed E-state index contributed by atoms with van der Waals surface area (Å²) < 4.78 is 10.9. The van der Waals surface area contributed by atoms with E-state index in [-0.39, 0.29) is 30.2 Å². The lowest BCUT2D eigenvalue weighted by Gasteiger charge is -2.32. The van der Waals surface area contributed by atoms with E-state index in [1.54, 1.807) is 20.8 Å². The minimum absolute atomic E-state index is 0.0293. The number of alkyl carbamates (subject to hydrolysis) is 1. The highest BCUT2D eigenvalue weighted by Gasteiger charge is 2.23. The van der Waals surface area contributed by atoms with Crippen LogP contribution in [0.1, 0.15) is 79.2 Å². The molecule has 2 N–H and O–H groups in total. The molecule has 1 aromatic carbocycles. The number of rotatable bonds is 10. The Bertz CT molecular complexity index is 847. The Balaban J connectivity index is 1.54. The lowest BCUT2D eigenvalue weighted by atomic mass is 9.87. The van der Waals surface area contributed by atoms with Gasteiger partial charge in [0.1, 0.15) is 11.4 Å². The molecule has 36 heavy (non-hydrogen) atoms. The topological polar surface area (TPSA) is 97.0 Å². The van der Waals surface area contributed by atoms with Crippen molar-refractivity contribution in [3.63, 3.8) is 0 Å². The van der Waals surface area contributed by atoms with E-state index < -0.39 is 11.7 Å². The maximum Gasteiger partial charge on any atom is 0.407 e. The van der Waals surface area contributed by atoms with Crippen LogP contribution in [0, 0.1) is 5.92 Å². The molecule has 202 valence electrons. The molecule has 1 aliphatic rings. The molecule has 0 atom stereocenters. The first kappa shape index (κ1) is 29.5. The third-order valence-electron chi connectivity index (χ3n) is 6.10. The summed E-state index contributed by atoms with van der Waals surface area (Å²) in [6.45, 7) is 14.7. The number of nitrogens with one attached hydrogen (secondary N) is 2. The van der Waals surface area contributed by atoms with Crippen LogP contribution in [0.4, 0.5) is 4.79 Å². The lowest BCUT2D eigenvalue weighted by Crippen LogP contribution is -2.42. The molecule has 1 saturated heterocycles. The maximum atomic E-state index is 12.4. The zero-order valence-electron chi connectivity index (χ0n) is 22.9. The van der Waals surface area contributed by atoms with Crippen LogP contribution in [0.15, 0.2) is 24.3 Å². The SMILES string of the molecule is CC(C)(C)OC(=O)NCCC(=O)N1CCC(CNC(=O)CCCOc2ccc(C(C)(C)C)cc2)CC1. The number of nitrogens with zero attached hydrogens (tertiary/aromatic N) is 1. The second-order valence-electron chi connectivity index (χ2n) is 11.5. The van der Waals surface area contributed by atoms with Gasteiger partial charge >= 0.3 is 6.09 Å². The number of benzene rings is 1. The number of carbonyl (C=O) groups is 3. The fourth-order valence-electron chi connectivity index (χ4n) is 3.95. The average molecular weight is 504 g/mol. The molecule has 1 fully saturated rings. The summed E-state index contributed by atoms with van der Waals surface area (Å²) in [7, 11) is 0. The second kappa shape index (κ2) is 13.5. The highest BCUT2D eigenvalue weighted by molar-refractivity contribution is 5.77. The molecule has 0 bridgehead atoms. The Labute approximate surface area is 216 Å². The normalized spacial score (nSPS) is 14.8. The van der Waals surface area contributed by atoms with Gasteiger partial charge in [0.25, 0.3) is 0 Å². The Hall–Kier alpha value is -2.77.